The summed E-state index contributed by atoms with van der Waals surface area (Å²) >= 11 is 0. The molecule has 2 heterocycles. The molecule has 1 saturated carbocycles. The standard InChI is InChI=1S/C14H20N4O2/c1-3-10-4-6-14(15,7-5-10)13-17-12(20-18-13)11-9(2)16-8-19-11/h8,10H,3-7,15H2,1-2H3. The Hall–Kier alpha value is -1.69. The summed E-state index contributed by atoms with van der Waals surface area (Å²) in [4.78, 5) is 8.45. The summed E-state index contributed by atoms with van der Waals surface area (Å²) in [5.41, 5.74) is 6.74. The Balaban J connectivity index is 1.82. The maximum atomic E-state index is 6.47. The zero-order valence-electron chi connectivity index (χ0n) is 11.9. The molecular weight excluding hydrogens is 256 g/mol. The van der Waals surface area contributed by atoms with Crippen molar-refractivity contribution in [1.82, 2.24) is 15.1 Å². The third-order valence-electron chi connectivity index (χ3n) is 4.39. The van der Waals surface area contributed by atoms with Gasteiger partial charge in [-0.25, -0.2) is 4.98 Å². The lowest BCUT2D eigenvalue weighted by molar-refractivity contribution is 0.216. The smallest absolute Gasteiger partial charge is 0.295 e. The van der Waals surface area contributed by atoms with E-state index in [1.165, 1.54) is 12.8 Å². The predicted molar refractivity (Wildman–Crippen MR) is 72.6 cm³/mol. The van der Waals surface area contributed by atoms with Crippen LogP contribution in [0.5, 0.6) is 0 Å². The van der Waals surface area contributed by atoms with Crippen LogP contribution in [0.25, 0.3) is 11.7 Å². The molecule has 20 heavy (non-hydrogen) atoms. The maximum Gasteiger partial charge on any atom is 0.295 e. The molecule has 1 fully saturated rings. The Labute approximate surface area is 117 Å². The topological polar surface area (TPSA) is 91.0 Å². The number of aromatic nitrogens is 3. The van der Waals surface area contributed by atoms with Crippen molar-refractivity contribution >= 4 is 0 Å². The fraction of sp³-hybridized carbons (Fsp3) is 0.643. The first kappa shape index (κ1) is 13.3. The summed E-state index contributed by atoms with van der Waals surface area (Å²) in [6.45, 7) is 4.07. The Morgan fingerprint density at radius 3 is 2.75 bits per heavy atom. The van der Waals surface area contributed by atoms with Crippen molar-refractivity contribution in [3.8, 4) is 11.7 Å². The third kappa shape index (κ3) is 2.24. The molecule has 0 amide bonds. The molecule has 0 saturated heterocycles. The monoisotopic (exact) mass is 276 g/mol. The predicted octanol–water partition coefficient (Wildman–Crippen LogP) is 2.79. The van der Waals surface area contributed by atoms with Gasteiger partial charge in [-0.15, -0.1) is 0 Å². The van der Waals surface area contributed by atoms with Crippen molar-refractivity contribution in [1.29, 1.82) is 0 Å². The minimum atomic E-state index is -0.471. The summed E-state index contributed by atoms with van der Waals surface area (Å²) in [5.74, 6) is 2.24. The zero-order valence-corrected chi connectivity index (χ0v) is 11.9. The maximum absolute atomic E-state index is 6.47. The van der Waals surface area contributed by atoms with Crippen LogP contribution in [0, 0.1) is 12.8 Å². The van der Waals surface area contributed by atoms with E-state index in [0.29, 0.717) is 17.5 Å². The van der Waals surface area contributed by atoms with Gasteiger partial charge < -0.3 is 14.7 Å². The molecule has 2 aromatic rings. The van der Waals surface area contributed by atoms with Gasteiger partial charge in [0.15, 0.2) is 12.2 Å². The fourth-order valence-corrected chi connectivity index (χ4v) is 2.85. The van der Waals surface area contributed by atoms with Gasteiger partial charge in [-0.1, -0.05) is 18.5 Å². The van der Waals surface area contributed by atoms with E-state index in [1.807, 2.05) is 6.92 Å². The molecule has 0 aromatic carbocycles. The van der Waals surface area contributed by atoms with Gasteiger partial charge in [0.2, 0.25) is 5.76 Å². The molecule has 0 atom stereocenters. The van der Waals surface area contributed by atoms with Crippen molar-refractivity contribution in [2.24, 2.45) is 11.7 Å². The van der Waals surface area contributed by atoms with E-state index in [4.69, 9.17) is 14.7 Å². The minimum Gasteiger partial charge on any atom is -0.438 e. The fourth-order valence-electron chi connectivity index (χ4n) is 2.85. The van der Waals surface area contributed by atoms with Gasteiger partial charge in [0, 0.05) is 0 Å². The normalized spacial score (nSPS) is 26.9. The molecule has 3 rings (SSSR count). The van der Waals surface area contributed by atoms with Gasteiger partial charge >= 0.3 is 0 Å². The van der Waals surface area contributed by atoms with E-state index < -0.39 is 5.54 Å². The molecule has 0 bridgehead atoms. The summed E-state index contributed by atoms with van der Waals surface area (Å²) < 4.78 is 10.6. The molecule has 0 radical (unpaired) electrons. The Kier molecular flexibility index (Phi) is 3.33. The first-order chi connectivity index (χ1) is 9.62. The number of rotatable bonds is 3. The van der Waals surface area contributed by atoms with Gasteiger partial charge in [0.25, 0.3) is 5.89 Å². The summed E-state index contributed by atoms with van der Waals surface area (Å²) in [7, 11) is 0. The van der Waals surface area contributed by atoms with Crippen LogP contribution in [0.2, 0.25) is 0 Å². The van der Waals surface area contributed by atoms with Gasteiger partial charge in [0.05, 0.1) is 11.2 Å². The van der Waals surface area contributed by atoms with Crippen molar-refractivity contribution in [2.75, 3.05) is 0 Å². The quantitative estimate of drug-likeness (QED) is 0.926. The lowest BCUT2D eigenvalue weighted by Gasteiger charge is -2.34. The number of oxazole rings is 1. The highest BCUT2D eigenvalue weighted by Crippen LogP contribution is 2.38. The molecule has 6 nitrogen and oxygen atoms in total. The van der Waals surface area contributed by atoms with Crippen LogP contribution in [0.1, 0.15) is 50.5 Å². The second-order valence-electron chi connectivity index (χ2n) is 5.70. The Morgan fingerprint density at radius 1 is 1.40 bits per heavy atom. The van der Waals surface area contributed by atoms with Crippen LogP contribution in [0.15, 0.2) is 15.3 Å². The lowest BCUT2D eigenvalue weighted by atomic mass is 9.76. The summed E-state index contributed by atoms with van der Waals surface area (Å²) in [6.07, 6.45) is 6.64. The summed E-state index contributed by atoms with van der Waals surface area (Å²) in [5, 5.41) is 4.06. The first-order valence-corrected chi connectivity index (χ1v) is 7.16. The SMILES string of the molecule is CCC1CCC(N)(c2noc(-c3ocnc3C)n2)CC1. The van der Waals surface area contributed by atoms with Crippen molar-refractivity contribution in [2.45, 2.75) is 51.5 Å². The molecular formula is C14H20N4O2. The first-order valence-electron chi connectivity index (χ1n) is 7.16. The molecule has 0 spiro atoms. The molecule has 2 aromatic heterocycles. The largest absolute Gasteiger partial charge is 0.438 e. The zero-order chi connectivity index (χ0) is 14.2. The molecule has 1 aliphatic rings. The highest BCUT2D eigenvalue weighted by Gasteiger charge is 2.37. The molecule has 0 aliphatic heterocycles. The van der Waals surface area contributed by atoms with Crippen LogP contribution in [-0.2, 0) is 5.54 Å². The third-order valence-corrected chi connectivity index (χ3v) is 4.39. The van der Waals surface area contributed by atoms with Gasteiger partial charge in [0.1, 0.15) is 0 Å². The van der Waals surface area contributed by atoms with Crippen molar-refractivity contribution in [3.05, 3.63) is 17.9 Å². The molecule has 2 N–H and O–H groups in total. The number of nitrogens with zero attached hydrogens (tertiary/aromatic N) is 3. The van der Waals surface area contributed by atoms with Crippen molar-refractivity contribution < 1.29 is 8.94 Å². The van der Waals surface area contributed by atoms with E-state index in [9.17, 15) is 0 Å². The van der Waals surface area contributed by atoms with Crippen LogP contribution in [0.4, 0.5) is 0 Å². The van der Waals surface area contributed by atoms with E-state index in [1.54, 1.807) is 0 Å². The Bertz CT molecular complexity index is 582. The highest BCUT2D eigenvalue weighted by molar-refractivity contribution is 5.46. The number of aryl methyl sites for hydroxylation is 1. The highest BCUT2D eigenvalue weighted by atomic mass is 16.5. The van der Waals surface area contributed by atoms with Crippen molar-refractivity contribution in [3.63, 3.8) is 0 Å². The van der Waals surface area contributed by atoms with Gasteiger partial charge in [-0.3, -0.25) is 0 Å². The second-order valence-corrected chi connectivity index (χ2v) is 5.70. The van der Waals surface area contributed by atoms with Crippen LogP contribution in [-0.4, -0.2) is 15.1 Å². The van der Waals surface area contributed by atoms with Crippen LogP contribution in [0.3, 0.4) is 0 Å². The summed E-state index contributed by atoms with van der Waals surface area (Å²) in [6, 6.07) is 0. The molecule has 6 heteroatoms. The van der Waals surface area contributed by atoms with E-state index >= 15 is 0 Å². The van der Waals surface area contributed by atoms with Gasteiger partial charge in [-0.2, -0.15) is 4.98 Å². The van der Waals surface area contributed by atoms with E-state index in [0.717, 1.165) is 37.3 Å². The number of nitrogens with two attached hydrogens (primary N) is 1. The van der Waals surface area contributed by atoms with Crippen LogP contribution < -0.4 is 5.73 Å². The number of hydrogen-bond donors (Lipinski definition) is 1. The Morgan fingerprint density at radius 2 is 2.15 bits per heavy atom. The second kappa shape index (κ2) is 5.01. The van der Waals surface area contributed by atoms with Crippen LogP contribution >= 0.6 is 0 Å². The van der Waals surface area contributed by atoms with E-state index in [-0.39, 0.29) is 0 Å². The molecule has 1 aliphatic carbocycles. The lowest BCUT2D eigenvalue weighted by Crippen LogP contribution is -2.41. The van der Waals surface area contributed by atoms with Gasteiger partial charge in [-0.05, 0) is 38.5 Å². The minimum absolute atomic E-state index is 0.359. The average Bonchev–Trinajstić information content (AvgIpc) is 3.08. The molecule has 108 valence electrons. The number of hydrogen-bond acceptors (Lipinski definition) is 6. The average molecular weight is 276 g/mol. The van der Waals surface area contributed by atoms with E-state index in [2.05, 4.69) is 22.0 Å². The molecule has 0 unspecified atom stereocenters.